The highest BCUT2D eigenvalue weighted by atomic mass is 19.2. The van der Waals surface area contributed by atoms with Crippen LogP contribution < -0.4 is 4.74 Å². The third-order valence-corrected chi connectivity index (χ3v) is 11.3. The number of alkyl halides is 2. The average molecular weight is 669 g/mol. The lowest BCUT2D eigenvalue weighted by Gasteiger charge is -2.41. The van der Waals surface area contributed by atoms with Crippen LogP contribution in [0.1, 0.15) is 71.4 Å². The Kier molecular flexibility index (Phi) is 8.26. The van der Waals surface area contributed by atoms with Gasteiger partial charge in [0.2, 0.25) is 0 Å². The van der Waals surface area contributed by atoms with E-state index in [4.69, 9.17) is 4.74 Å². The monoisotopic (exact) mass is 668 g/mol. The number of ether oxygens (including phenoxy) is 1. The van der Waals surface area contributed by atoms with E-state index in [0.29, 0.717) is 36.6 Å². The number of benzene rings is 6. The fourth-order valence-corrected chi connectivity index (χ4v) is 8.73. The Hall–Kier alpha value is -4.36. The molecule has 0 amide bonds. The molecule has 4 atom stereocenters. The second-order valence-corrected chi connectivity index (χ2v) is 14.4. The summed E-state index contributed by atoms with van der Waals surface area (Å²) in [4.78, 5) is 4.69. The van der Waals surface area contributed by atoms with Gasteiger partial charge in [0, 0.05) is 44.5 Å². The molecule has 9 rings (SSSR count). The van der Waals surface area contributed by atoms with Crippen molar-refractivity contribution in [2.24, 2.45) is 0 Å². The van der Waals surface area contributed by atoms with Crippen molar-refractivity contribution < 1.29 is 18.6 Å². The molecule has 4 unspecified atom stereocenters. The molecule has 1 N–H and O–H groups in total. The van der Waals surface area contributed by atoms with Crippen LogP contribution in [0.2, 0.25) is 0 Å². The Morgan fingerprint density at radius 1 is 0.620 bits per heavy atom. The summed E-state index contributed by atoms with van der Waals surface area (Å²) in [7, 11) is 0. The molecule has 1 heterocycles. The fourth-order valence-electron chi connectivity index (χ4n) is 8.73. The third kappa shape index (κ3) is 5.54. The summed E-state index contributed by atoms with van der Waals surface area (Å²) in [5.74, 6) is 1.17. The van der Waals surface area contributed by atoms with Crippen LogP contribution in [0.3, 0.4) is 0 Å². The standard InChI is InChI=1S/C44H42F2N2O2/c45-42-36-13-5-6-14-37(36)44(38-17-7-15-30(28-19-20-28)41(38)43(42)46)48-24-22-47(23-25-48)27-29(49)21-26-50-39-18-8-16-35-33-10-2-1-9-31(33)32-11-3-4-12-34(32)40(35)39/h1-18,28-29,42-44,49H,19-27H2. The number of nitrogens with zero attached hydrogens (tertiary/aromatic N) is 2. The van der Waals surface area contributed by atoms with Crippen LogP contribution >= 0.6 is 0 Å². The second-order valence-electron chi connectivity index (χ2n) is 14.4. The Morgan fingerprint density at radius 3 is 1.88 bits per heavy atom. The molecule has 254 valence electrons. The van der Waals surface area contributed by atoms with Crippen molar-refractivity contribution in [1.29, 1.82) is 0 Å². The number of hydrogen-bond acceptors (Lipinski definition) is 4. The van der Waals surface area contributed by atoms with E-state index in [1.54, 1.807) is 6.07 Å². The number of β-amino-alcohol motifs (C(OH)–C–C–N with tert-alkyl or cyclic N) is 1. The van der Waals surface area contributed by atoms with Gasteiger partial charge in [-0.2, -0.15) is 0 Å². The molecule has 1 saturated heterocycles. The second kappa shape index (κ2) is 13.1. The minimum Gasteiger partial charge on any atom is -0.493 e. The van der Waals surface area contributed by atoms with Crippen LogP contribution in [-0.2, 0) is 0 Å². The zero-order valence-corrected chi connectivity index (χ0v) is 28.1. The maximum atomic E-state index is 16.1. The van der Waals surface area contributed by atoms with Crippen molar-refractivity contribution in [3.63, 3.8) is 0 Å². The quantitative estimate of drug-likeness (QED) is 0.164. The van der Waals surface area contributed by atoms with Gasteiger partial charge in [0.25, 0.3) is 0 Å². The zero-order chi connectivity index (χ0) is 33.8. The topological polar surface area (TPSA) is 35.9 Å². The number of fused-ring (bicyclic) bond motifs is 8. The van der Waals surface area contributed by atoms with Crippen LogP contribution in [0.25, 0.3) is 32.3 Å². The maximum Gasteiger partial charge on any atom is 0.161 e. The molecular formula is C44H42F2N2O2. The molecule has 6 aromatic carbocycles. The van der Waals surface area contributed by atoms with Gasteiger partial charge in [-0.15, -0.1) is 0 Å². The number of aliphatic hydroxyl groups excluding tert-OH is 1. The lowest BCUT2D eigenvalue weighted by molar-refractivity contribution is 0.0531. The minimum absolute atomic E-state index is 0.201. The molecule has 2 fully saturated rings. The van der Waals surface area contributed by atoms with Gasteiger partial charge < -0.3 is 9.84 Å². The van der Waals surface area contributed by atoms with Crippen molar-refractivity contribution in [3.8, 4) is 5.75 Å². The molecule has 6 heteroatoms. The van der Waals surface area contributed by atoms with Crippen molar-refractivity contribution >= 4 is 32.3 Å². The SMILES string of the molecule is OC(CCOc1cccc2c3ccccc3c3ccccc3c12)CN1CCN(C2c3ccccc3C(F)C(F)c3c(C4CC4)cccc32)CC1. The van der Waals surface area contributed by atoms with E-state index in [0.717, 1.165) is 66.8 Å². The number of rotatable bonds is 8. The third-order valence-electron chi connectivity index (χ3n) is 11.3. The first-order chi connectivity index (χ1) is 24.6. The summed E-state index contributed by atoms with van der Waals surface area (Å²) in [6.45, 7) is 4.02. The van der Waals surface area contributed by atoms with Gasteiger partial charge in [0.15, 0.2) is 12.3 Å². The van der Waals surface area contributed by atoms with Crippen LogP contribution in [0.5, 0.6) is 5.75 Å². The maximum absolute atomic E-state index is 16.1. The van der Waals surface area contributed by atoms with E-state index >= 15 is 8.78 Å². The molecule has 0 spiro atoms. The molecule has 0 bridgehead atoms. The molecule has 6 aromatic rings. The van der Waals surface area contributed by atoms with Gasteiger partial charge in [0.05, 0.1) is 18.8 Å². The highest BCUT2D eigenvalue weighted by molar-refractivity contribution is 6.26. The van der Waals surface area contributed by atoms with E-state index in [-0.39, 0.29) is 6.04 Å². The number of aliphatic hydroxyl groups is 1. The summed E-state index contributed by atoms with van der Waals surface area (Å²) < 4.78 is 38.4. The number of piperazine rings is 1. The number of halogens is 2. The van der Waals surface area contributed by atoms with Gasteiger partial charge in [-0.1, -0.05) is 103 Å². The highest BCUT2D eigenvalue weighted by Gasteiger charge is 2.42. The molecule has 4 nitrogen and oxygen atoms in total. The summed E-state index contributed by atoms with van der Waals surface area (Å²) >= 11 is 0. The van der Waals surface area contributed by atoms with E-state index in [9.17, 15) is 5.11 Å². The predicted molar refractivity (Wildman–Crippen MR) is 197 cm³/mol. The number of hydrogen-bond donors (Lipinski definition) is 1. The van der Waals surface area contributed by atoms with Gasteiger partial charge in [-0.25, -0.2) is 8.78 Å². The first kappa shape index (κ1) is 31.6. The Balaban J connectivity index is 0.888. The zero-order valence-electron chi connectivity index (χ0n) is 28.1. The van der Waals surface area contributed by atoms with Crippen molar-refractivity contribution in [3.05, 3.63) is 137 Å². The largest absolute Gasteiger partial charge is 0.493 e. The molecule has 1 aliphatic heterocycles. The summed E-state index contributed by atoms with van der Waals surface area (Å²) in [5, 5.41) is 18.2. The Bertz CT molecular complexity index is 2150. The predicted octanol–water partition coefficient (Wildman–Crippen LogP) is 9.60. The molecule has 0 aromatic heterocycles. The van der Waals surface area contributed by atoms with E-state index in [2.05, 4.69) is 64.4 Å². The molecule has 0 radical (unpaired) electrons. The van der Waals surface area contributed by atoms with Gasteiger partial charge in [-0.05, 0) is 79.6 Å². The van der Waals surface area contributed by atoms with Crippen LogP contribution in [0.4, 0.5) is 8.78 Å². The molecule has 1 saturated carbocycles. The van der Waals surface area contributed by atoms with Crippen molar-refractivity contribution in [1.82, 2.24) is 9.80 Å². The lowest BCUT2D eigenvalue weighted by atomic mass is 9.89. The average Bonchev–Trinajstić information content (AvgIpc) is 4.02. The van der Waals surface area contributed by atoms with Crippen molar-refractivity contribution in [2.45, 2.75) is 49.7 Å². The molecule has 2 aliphatic carbocycles. The summed E-state index contributed by atoms with van der Waals surface area (Å²) in [6, 6.07) is 36.6. The molecule has 3 aliphatic rings. The first-order valence-electron chi connectivity index (χ1n) is 18.2. The summed E-state index contributed by atoms with van der Waals surface area (Å²) in [5.41, 5.74) is 3.81. The highest BCUT2D eigenvalue weighted by Crippen LogP contribution is 2.53. The minimum atomic E-state index is -1.68. The first-order valence-corrected chi connectivity index (χ1v) is 18.2. The van der Waals surface area contributed by atoms with E-state index in [1.807, 2.05) is 48.5 Å². The van der Waals surface area contributed by atoms with Gasteiger partial charge in [-0.3, -0.25) is 9.80 Å². The summed E-state index contributed by atoms with van der Waals surface area (Å²) in [6.07, 6.45) is -1.28. The Morgan fingerprint density at radius 2 is 1.18 bits per heavy atom. The van der Waals surface area contributed by atoms with Crippen LogP contribution in [0, 0.1) is 0 Å². The van der Waals surface area contributed by atoms with Gasteiger partial charge in [0.1, 0.15) is 5.75 Å². The normalized spacial score (nSPS) is 21.9. The molecule has 50 heavy (non-hydrogen) atoms. The van der Waals surface area contributed by atoms with Crippen LogP contribution in [0.15, 0.2) is 109 Å². The van der Waals surface area contributed by atoms with E-state index < -0.39 is 18.4 Å². The smallest absolute Gasteiger partial charge is 0.161 e. The molecular weight excluding hydrogens is 626 g/mol. The fraction of sp³-hybridized carbons (Fsp3) is 0.318. The van der Waals surface area contributed by atoms with Crippen molar-refractivity contribution in [2.75, 3.05) is 39.3 Å². The van der Waals surface area contributed by atoms with E-state index in [1.165, 1.54) is 26.9 Å². The lowest BCUT2D eigenvalue weighted by Crippen LogP contribution is -2.50. The van der Waals surface area contributed by atoms with Gasteiger partial charge >= 0.3 is 0 Å². The van der Waals surface area contributed by atoms with Crippen LogP contribution in [-0.4, -0.2) is 60.3 Å². The Labute approximate surface area is 291 Å².